The van der Waals surface area contributed by atoms with E-state index in [1.807, 2.05) is 0 Å². The van der Waals surface area contributed by atoms with Crippen LogP contribution in [-0.2, 0) is 9.84 Å². The fourth-order valence-corrected chi connectivity index (χ4v) is 1.38. The number of halogens is 2. The maximum Gasteiger partial charge on any atom is 0.259 e. The Bertz CT molecular complexity index is 177. The lowest BCUT2D eigenvalue weighted by molar-refractivity contribution is 0.0475. The summed E-state index contributed by atoms with van der Waals surface area (Å²) < 4.78 is 44.0. The molecule has 0 spiro atoms. The van der Waals surface area contributed by atoms with Crippen molar-refractivity contribution >= 4 is 9.84 Å². The molecule has 0 amide bonds. The predicted molar refractivity (Wildman–Crippen MR) is 30.3 cm³/mol. The molecule has 0 aliphatic heterocycles. The van der Waals surface area contributed by atoms with E-state index in [1.54, 1.807) is 0 Å². The molecule has 56 valence electrons. The van der Waals surface area contributed by atoms with Crippen LogP contribution in [0.1, 0.15) is 6.92 Å². The van der Waals surface area contributed by atoms with E-state index in [0.717, 1.165) is 6.26 Å². The van der Waals surface area contributed by atoms with Gasteiger partial charge in [-0.25, -0.2) is 17.2 Å². The van der Waals surface area contributed by atoms with Crippen molar-refractivity contribution in [3.63, 3.8) is 0 Å². The Balaban J connectivity index is 4.07. The minimum Gasteiger partial charge on any atom is -0.229 e. The van der Waals surface area contributed by atoms with Crippen molar-refractivity contribution in [2.24, 2.45) is 0 Å². The molecular formula is C4H8F2O2S. The average Bonchev–Trinajstić information content (AvgIpc) is 1.14. The molecule has 5 heteroatoms. The van der Waals surface area contributed by atoms with Crippen LogP contribution in [0.4, 0.5) is 8.78 Å². The first-order valence-corrected chi connectivity index (χ1v) is 4.32. The summed E-state index contributed by atoms with van der Waals surface area (Å²) >= 11 is 0. The van der Waals surface area contributed by atoms with Crippen LogP contribution < -0.4 is 0 Å². The van der Waals surface area contributed by atoms with Crippen molar-refractivity contribution in [2.45, 2.75) is 12.8 Å². The highest BCUT2D eigenvalue weighted by molar-refractivity contribution is 7.90. The third kappa shape index (κ3) is 7.81. The van der Waals surface area contributed by atoms with Gasteiger partial charge in [-0.1, -0.05) is 0 Å². The van der Waals surface area contributed by atoms with E-state index < -0.39 is 21.5 Å². The number of hydrogen-bond donors (Lipinski definition) is 0. The maximum atomic E-state index is 11.8. The second-order valence-electron chi connectivity index (χ2n) is 2.14. The van der Waals surface area contributed by atoms with Crippen LogP contribution in [0.3, 0.4) is 0 Å². The molecule has 0 aliphatic carbocycles. The molecule has 0 N–H and O–H groups in total. The summed E-state index contributed by atoms with van der Waals surface area (Å²) in [5, 5.41) is 0. The predicted octanol–water partition coefficient (Wildman–Crippen LogP) is 0.686. The fourth-order valence-electron chi connectivity index (χ4n) is 0.460. The Kier molecular flexibility index (Phi) is 2.16. The lowest BCUT2D eigenvalue weighted by Crippen LogP contribution is -2.22. The molecule has 0 radical (unpaired) electrons. The Hall–Kier alpha value is -0.190. The third-order valence-electron chi connectivity index (χ3n) is 0.516. The summed E-state index contributed by atoms with van der Waals surface area (Å²) in [5.41, 5.74) is 0. The number of sulfone groups is 1. The highest BCUT2D eigenvalue weighted by Gasteiger charge is 2.26. The average molecular weight is 158 g/mol. The van der Waals surface area contributed by atoms with Crippen LogP contribution in [0.2, 0.25) is 0 Å². The van der Waals surface area contributed by atoms with Crippen LogP contribution >= 0.6 is 0 Å². The first-order chi connectivity index (χ1) is 3.71. The molecular weight excluding hydrogens is 150 g/mol. The lowest BCUT2D eigenvalue weighted by atomic mass is 10.5. The molecule has 0 atom stereocenters. The number of rotatable bonds is 2. The monoisotopic (exact) mass is 158 g/mol. The number of hydrogen-bond acceptors (Lipinski definition) is 2. The second kappa shape index (κ2) is 2.21. The van der Waals surface area contributed by atoms with Gasteiger partial charge in [-0.2, -0.15) is 0 Å². The summed E-state index contributed by atoms with van der Waals surface area (Å²) in [7, 11) is -3.53. The molecule has 0 aromatic carbocycles. The zero-order valence-electron chi connectivity index (χ0n) is 5.19. The molecule has 0 heterocycles. The van der Waals surface area contributed by atoms with E-state index in [1.165, 1.54) is 0 Å². The molecule has 0 bridgehead atoms. The SMILES string of the molecule is CC(F)(F)CS(C)(=O)=O. The van der Waals surface area contributed by atoms with E-state index in [-0.39, 0.29) is 0 Å². The van der Waals surface area contributed by atoms with E-state index >= 15 is 0 Å². The summed E-state index contributed by atoms with van der Waals surface area (Å²) in [6.45, 7) is 0.577. The zero-order chi connectivity index (χ0) is 7.71. The molecule has 9 heavy (non-hydrogen) atoms. The highest BCUT2D eigenvalue weighted by atomic mass is 32.2. The first-order valence-electron chi connectivity index (χ1n) is 2.26. The van der Waals surface area contributed by atoms with Crippen molar-refractivity contribution < 1.29 is 17.2 Å². The van der Waals surface area contributed by atoms with Gasteiger partial charge >= 0.3 is 0 Å². The Morgan fingerprint density at radius 2 is 1.78 bits per heavy atom. The molecule has 0 aromatic rings. The van der Waals surface area contributed by atoms with E-state index in [9.17, 15) is 17.2 Å². The molecule has 0 unspecified atom stereocenters. The molecule has 2 nitrogen and oxygen atoms in total. The molecule has 0 aliphatic rings. The first kappa shape index (κ1) is 8.81. The van der Waals surface area contributed by atoms with Gasteiger partial charge in [0.05, 0.1) is 0 Å². The second-order valence-corrected chi connectivity index (χ2v) is 4.28. The van der Waals surface area contributed by atoms with Crippen molar-refractivity contribution in [2.75, 3.05) is 12.0 Å². The third-order valence-corrected chi connectivity index (χ3v) is 1.55. The van der Waals surface area contributed by atoms with Crippen LogP contribution in [0.5, 0.6) is 0 Å². The van der Waals surface area contributed by atoms with Crippen LogP contribution in [0.15, 0.2) is 0 Å². The smallest absolute Gasteiger partial charge is 0.229 e. The van der Waals surface area contributed by atoms with E-state index in [0.29, 0.717) is 6.92 Å². The van der Waals surface area contributed by atoms with Gasteiger partial charge in [0.15, 0.2) is 9.84 Å². The van der Waals surface area contributed by atoms with E-state index in [4.69, 9.17) is 0 Å². The van der Waals surface area contributed by atoms with Crippen molar-refractivity contribution in [3.8, 4) is 0 Å². The molecule has 0 saturated carbocycles. The van der Waals surface area contributed by atoms with Gasteiger partial charge < -0.3 is 0 Å². The largest absolute Gasteiger partial charge is 0.259 e. The topological polar surface area (TPSA) is 34.1 Å². The van der Waals surface area contributed by atoms with Gasteiger partial charge in [0.25, 0.3) is 5.92 Å². The minimum atomic E-state index is -3.53. The standard InChI is InChI=1S/C4H8F2O2S/c1-4(5,6)3-9(2,7)8/h3H2,1-2H3. The molecule has 0 fully saturated rings. The fraction of sp³-hybridized carbons (Fsp3) is 1.00. The lowest BCUT2D eigenvalue weighted by Gasteiger charge is -2.06. The summed E-state index contributed by atoms with van der Waals surface area (Å²) in [6, 6.07) is 0. The van der Waals surface area contributed by atoms with E-state index in [2.05, 4.69) is 0 Å². The van der Waals surface area contributed by atoms with Gasteiger partial charge in [-0.15, -0.1) is 0 Å². The highest BCUT2D eigenvalue weighted by Crippen LogP contribution is 2.13. The van der Waals surface area contributed by atoms with Crippen LogP contribution in [-0.4, -0.2) is 26.3 Å². The minimum absolute atomic E-state index is 0.577. The normalized spacial score (nSPS) is 13.8. The summed E-state index contributed by atoms with van der Waals surface area (Å²) in [4.78, 5) is 0. The van der Waals surface area contributed by atoms with Crippen molar-refractivity contribution in [1.29, 1.82) is 0 Å². The Morgan fingerprint density at radius 1 is 1.44 bits per heavy atom. The summed E-state index contributed by atoms with van der Waals surface area (Å²) in [6.07, 6.45) is 0.782. The van der Waals surface area contributed by atoms with Gasteiger partial charge in [-0.3, -0.25) is 0 Å². The van der Waals surface area contributed by atoms with Gasteiger partial charge in [0, 0.05) is 13.2 Å². The van der Waals surface area contributed by atoms with Gasteiger partial charge in [0.1, 0.15) is 5.75 Å². The quantitative estimate of drug-likeness (QED) is 0.592. The summed E-state index contributed by atoms with van der Waals surface area (Å²) in [5.74, 6) is -4.17. The molecule has 0 aromatic heterocycles. The van der Waals surface area contributed by atoms with Crippen molar-refractivity contribution in [3.05, 3.63) is 0 Å². The molecule has 0 rings (SSSR count). The van der Waals surface area contributed by atoms with Crippen LogP contribution in [0, 0.1) is 0 Å². The maximum absolute atomic E-state index is 11.8. The Morgan fingerprint density at radius 3 is 1.78 bits per heavy atom. The zero-order valence-corrected chi connectivity index (χ0v) is 6.00. The van der Waals surface area contributed by atoms with Gasteiger partial charge in [-0.05, 0) is 0 Å². The van der Waals surface area contributed by atoms with Gasteiger partial charge in [0.2, 0.25) is 0 Å². The molecule has 0 saturated heterocycles. The number of alkyl halides is 2. The van der Waals surface area contributed by atoms with Crippen molar-refractivity contribution in [1.82, 2.24) is 0 Å². The Labute approximate surface area is 52.8 Å². The van der Waals surface area contributed by atoms with Crippen LogP contribution in [0.25, 0.3) is 0 Å².